The van der Waals surface area contributed by atoms with Gasteiger partial charge in [-0.1, -0.05) is 18.2 Å². The van der Waals surface area contributed by atoms with Gasteiger partial charge in [-0.05, 0) is 49.2 Å². The Hall–Kier alpha value is -2.66. The molecule has 1 aliphatic rings. The first-order chi connectivity index (χ1) is 12.1. The number of H-pyrrole nitrogens is 1. The van der Waals surface area contributed by atoms with Crippen molar-refractivity contribution in [2.24, 2.45) is 0 Å². The van der Waals surface area contributed by atoms with Crippen LogP contribution in [-0.2, 0) is 13.0 Å². The molecule has 4 rings (SSSR count). The summed E-state index contributed by atoms with van der Waals surface area (Å²) in [5, 5.41) is 6.85. The van der Waals surface area contributed by atoms with Crippen molar-refractivity contribution in [1.82, 2.24) is 15.6 Å². The van der Waals surface area contributed by atoms with E-state index in [1.165, 1.54) is 17.7 Å². The minimum Gasteiger partial charge on any atom is -0.354 e. The predicted octanol–water partition coefficient (Wildman–Crippen LogP) is 3.29. The number of rotatable bonds is 3. The maximum Gasteiger partial charge on any atom is 0.252 e. The lowest BCUT2D eigenvalue weighted by Gasteiger charge is -2.10. The number of aromatic amines is 1. The molecular formula is C20H20FN3O. The van der Waals surface area contributed by atoms with Crippen LogP contribution in [0.25, 0.3) is 22.2 Å². The molecule has 128 valence electrons. The first-order valence-corrected chi connectivity index (χ1v) is 8.45. The molecule has 0 spiro atoms. The number of benzene rings is 2. The molecule has 0 saturated carbocycles. The summed E-state index contributed by atoms with van der Waals surface area (Å²) in [6.07, 6.45) is 0.720. The second-order valence-corrected chi connectivity index (χ2v) is 6.54. The van der Waals surface area contributed by atoms with Crippen LogP contribution >= 0.6 is 0 Å². The minimum atomic E-state index is -0.403. The van der Waals surface area contributed by atoms with Crippen LogP contribution < -0.4 is 10.6 Å². The van der Waals surface area contributed by atoms with E-state index in [4.69, 9.17) is 0 Å². The molecule has 2 heterocycles. The predicted molar refractivity (Wildman–Crippen MR) is 97.2 cm³/mol. The zero-order chi connectivity index (χ0) is 17.6. The van der Waals surface area contributed by atoms with Gasteiger partial charge in [0.1, 0.15) is 5.82 Å². The number of halogens is 1. The summed E-state index contributed by atoms with van der Waals surface area (Å²) in [5.41, 5.74) is 6.60. The van der Waals surface area contributed by atoms with Crippen LogP contribution in [-0.4, -0.2) is 24.5 Å². The fourth-order valence-corrected chi connectivity index (χ4v) is 3.74. The van der Waals surface area contributed by atoms with Crippen molar-refractivity contribution in [2.75, 3.05) is 13.6 Å². The lowest BCUT2D eigenvalue weighted by Crippen LogP contribution is -2.23. The van der Waals surface area contributed by atoms with Gasteiger partial charge < -0.3 is 15.6 Å². The fraction of sp³-hybridized carbons (Fsp3) is 0.250. The summed E-state index contributed by atoms with van der Waals surface area (Å²) >= 11 is 0. The van der Waals surface area contributed by atoms with E-state index in [9.17, 15) is 9.18 Å². The number of carbonyl (C=O) groups excluding carboxylic acids is 1. The molecule has 2 aromatic carbocycles. The molecule has 0 unspecified atom stereocenters. The Morgan fingerprint density at radius 2 is 2.04 bits per heavy atom. The van der Waals surface area contributed by atoms with Gasteiger partial charge in [-0.15, -0.1) is 0 Å². The van der Waals surface area contributed by atoms with Crippen molar-refractivity contribution in [3.8, 4) is 11.3 Å². The number of carbonyl (C=O) groups is 1. The second-order valence-electron chi connectivity index (χ2n) is 6.54. The van der Waals surface area contributed by atoms with Gasteiger partial charge in [-0.2, -0.15) is 0 Å². The molecule has 0 saturated heterocycles. The summed E-state index contributed by atoms with van der Waals surface area (Å²) in [6, 6.07) is 9.14. The summed E-state index contributed by atoms with van der Waals surface area (Å²) in [7, 11) is 1.93. The highest BCUT2D eigenvalue weighted by atomic mass is 19.1. The lowest BCUT2D eigenvalue weighted by molar-refractivity contribution is 0.0957. The van der Waals surface area contributed by atoms with Crippen molar-refractivity contribution >= 4 is 16.8 Å². The topological polar surface area (TPSA) is 56.9 Å². The SMILES string of the molecule is CNCc1ccc(-c2[nH]c3cc(F)cc4c3c2CCNC4=O)c(C)c1. The van der Waals surface area contributed by atoms with Crippen molar-refractivity contribution < 1.29 is 9.18 Å². The first kappa shape index (κ1) is 15.8. The summed E-state index contributed by atoms with van der Waals surface area (Å²) in [6.45, 7) is 3.44. The van der Waals surface area contributed by atoms with Gasteiger partial charge >= 0.3 is 0 Å². The van der Waals surface area contributed by atoms with E-state index in [1.54, 1.807) is 0 Å². The molecule has 0 atom stereocenters. The molecule has 3 N–H and O–H groups in total. The van der Waals surface area contributed by atoms with Gasteiger partial charge in [-0.3, -0.25) is 4.79 Å². The lowest BCUT2D eigenvalue weighted by atomic mass is 9.96. The van der Waals surface area contributed by atoms with E-state index in [-0.39, 0.29) is 5.91 Å². The quantitative estimate of drug-likeness (QED) is 0.687. The number of nitrogens with one attached hydrogen (secondary N) is 3. The number of aromatic nitrogens is 1. The number of hydrogen-bond acceptors (Lipinski definition) is 2. The van der Waals surface area contributed by atoms with Crippen LogP contribution in [0, 0.1) is 12.7 Å². The van der Waals surface area contributed by atoms with E-state index in [1.807, 2.05) is 7.05 Å². The molecule has 3 aromatic rings. The third-order valence-electron chi connectivity index (χ3n) is 4.81. The molecule has 0 bridgehead atoms. The van der Waals surface area contributed by atoms with Crippen LogP contribution in [0.1, 0.15) is 27.0 Å². The van der Waals surface area contributed by atoms with E-state index in [0.717, 1.165) is 40.7 Å². The number of hydrogen-bond donors (Lipinski definition) is 3. The number of amides is 1. The summed E-state index contributed by atoms with van der Waals surface area (Å²) in [4.78, 5) is 15.6. The molecular weight excluding hydrogens is 317 g/mol. The first-order valence-electron chi connectivity index (χ1n) is 8.45. The van der Waals surface area contributed by atoms with Crippen LogP contribution in [0.15, 0.2) is 30.3 Å². The third-order valence-corrected chi connectivity index (χ3v) is 4.81. The van der Waals surface area contributed by atoms with Gasteiger partial charge in [0.2, 0.25) is 0 Å². The average molecular weight is 337 g/mol. The highest BCUT2D eigenvalue weighted by Gasteiger charge is 2.23. The number of aryl methyl sites for hydroxylation is 1. The molecule has 0 aliphatic carbocycles. The highest BCUT2D eigenvalue weighted by Crippen LogP contribution is 2.36. The Labute approximate surface area is 145 Å². The van der Waals surface area contributed by atoms with E-state index in [2.05, 4.69) is 40.7 Å². The Morgan fingerprint density at radius 3 is 2.80 bits per heavy atom. The molecule has 1 amide bonds. The zero-order valence-electron chi connectivity index (χ0n) is 14.3. The second kappa shape index (κ2) is 6.01. The average Bonchev–Trinajstić information content (AvgIpc) is 2.83. The standard InChI is InChI=1S/C20H20FN3O/c1-11-7-12(10-22-2)3-4-14(11)19-15-5-6-23-20(25)16-8-13(21)9-17(24-19)18(15)16/h3-4,7-9,22,24H,5-6,10H2,1-2H3,(H,23,25). The fourth-order valence-electron chi connectivity index (χ4n) is 3.74. The molecule has 4 nitrogen and oxygen atoms in total. The summed E-state index contributed by atoms with van der Waals surface area (Å²) < 4.78 is 14.0. The van der Waals surface area contributed by atoms with Gasteiger partial charge in [0.15, 0.2) is 0 Å². The third kappa shape index (κ3) is 2.61. The zero-order valence-corrected chi connectivity index (χ0v) is 14.3. The maximum atomic E-state index is 14.0. The Kier molecular flexibility index (Phi) is 3.81. The summed E-state index contributed by atoms with van der Waals surface area (Å²) in [5.74, 6) is -0.616. The Balaban J connectivity index is 1.96. The molecule has 0 fully saturated rings. The normalized spacial score (nSPS) is 13.8. The molecule has 1 aromatic heterocycles. The van der Waals surface area contributed by atoms with Gasteiger partial charge in [0, 0.05) is 29.6 Å². The van der Waals surface area contributed by atoms with E-state index < -0.39 is 5.82 Å². The van der Waals surface area contributed by atoms with E-state index >= 15 is 0 Å². The van der Waals surface area contributed by atoms with Crippen molar-refractivity contribution in [1.29, 1.82) is 0 Å². The molecule has 0 radical (unpaired) electrons. The van der Waals surface area contributed by atoms with Crippen molar-refractivity contribution in [3.63, 3.8) is 0 Å². The van der Waals surface area contributed by atoms with Crippen LogP contribution in [0.4, 0.5) is 4.39 Å². The molecule has 5 heteroatoms. The van der Waals surface area contributed by atoms with Crippen molar-refractivity contribution in [3.05, 3.63) is 58.4 Å². The van der Waals surface area contributed by atoms with Gasteiger partial charge in [0.25, 0.3) is 5.91 Å². The maximum absolute atomic E-state index is 14.0. The highest BCUT2D eigenvalue weighted by molar-refractivity contribution is 6.10. The van der Waals surface area contributed by atoms with E-state index in [0.29, 0.717) is 17.6 Å². The van der Waals surface area contributed by atoms with Crippen LogP contribution in [0.5, 0.6) is 0 Å². The van der Waals surface area contributed by atoms with Crippen molar-refractivity contribution in [2.45, 2.75) is 19.9 Å². The minimum absolute atomic E-state index is 0.213. The molecule has 1 aliphatic heterocycles. The monoisotopic (exact) mass is 337 g/mol. The molecule has 25 heavy (non-hydrogen) atoms. The van der Waals surface area contributed by atoms with Gasteiger partial charge in [-0.25, -0.2) is 4.39 Å². The Morgan fingerprint density at radius 1 is 1.20 bits per heavy atom. The Bertz CT molecular complexity index is 990. The van der Waals surface area contributed by atoms with Gasteiger partial charge in [0.05, 0.1) is 11.3 Å². The largest absolute Gasteiger partial charge is 0.354 e. The van der Waals surface area contributed by atoms with Crippen LogP contribution in [0.3, 0.4) is 0 Å². The van der Waals surface area contributed by atoms with Crippen LogP contribution in [0.2, 0.25) is 0 Å². The smallest absolute Gasteiger partial charge is 0.252 e.